The van der Waals surface area contributed by atoms with Gasteiger partial charge >= 0.3 is 17.9 Å². The lowest BCUT2D eigenvalue weighted by molar-refractivity contribution is -0.158. The lowest BCUT2D eigenvalue weighted by Crippen LogP contribution is -2.27. The molecule has 3 aromatic carbocycles. The summed E-state index contributed by atoms with van der Waals surface area (Å²) in [5.41, 5.74) is -2.17. The minimum absolute atomic E-state index is 0.238. The van der Waals surface area contributed by atoms with Crippen molar-refractivity contribution in [1.29, 1.82) is 0 Å². The van der Waals surface area contributed by atoms with E-state index in [0.29, 0.717) is 14.7 Å². The summed E-state index contributed by atoms with van der Waals surface area (Å²) in [5.74, 6) is -1.07. The minimum atomic E-state index is -4.21. The molecule has 3 rings (SSSR count). The van der Waals surface area contributed by atoms with Gasteiger partial charge in [0, 0.05) is 14.7 Å². The first-order valence-corrected chi connectivity index (χ1v) is 19.4. The van der Waals surface area contributed by atoms with Crippen LogP contribution >= 0.6 is 10.3 Å². The average molecular weight is 749 g/mol. The number of carbonyl (C=O) groups is 3. The summed E-state index contributed by atoms with van der Waals surface area (Å²) >= 11 is 0. The number of benzene rings is 3. The Kier molecular flexibility index (Phi) is 13.2. The molecule has 0 saturated heterocycles. The molecule has 0 unspecified atom stereocenters. The summed E-state index contributed by atoms with van der Waals surface area (Å²) in [6.45, 7) is 14.4. The van der Waals surface area contributed by atoms with Gasteiger partial charge in [-0.15, -0.1) is 0 Å². The normalized spacial score (nSPS) is 12.7. The second-order valence-electron chi connectivity index (χ2n) is 14.4. The standard InChI is InChI=1S/C37H48O12S2/c1-35(2,3)46-32(38)23-43-26-14-11-17-29(20-26)51(49-50(10,41)42,30-18-12-15-27(21-30)44-24-33(39)47-36(4,5)6)31-19-13-16-28(22-31)45-25-34(40)48-37(7,8)9/h11-22H,23-25H2,1-10H3. The van der Waals surface area contributed by atoms with Crippen molar-refractivity contribution < 1.29 is 54.9 Å². The van der Waals surface area contributed by atoms with Crippen LogP contribution < -0.4 is 14.2 Å². The van der Waals surface area contributed by atoms with Crippen LogP contribution in [0.1, 0.15) is 62.3 Å². The molecule has 0 bridgehead atoms. The Morgan fingerprint density at radius 1 is 0.510 bits per heavy atom. The van der Waals surface area contributed by atoms with E-state index in [1.807, 2.05) is 0 Å². The molecule has 0 atom stereocenters. The molecule has 12 nitrogen and oxygen atoms in total. The van der Waals surface area contributed by atoms with Crippen LogP contribution in [0.4, 0.5) is 0 Å². The van der Waals surface area contributed by atoms with Crippen molar-refractivity contribution in [2.75, 3.05) is 26.1 Å². The number of rotatable bonds is 14. The van der Waals surface area contributed by atoms with E-state index in [0.717, 1.165) is 6.26 Å². The molecule has 0 aliphatic carbocycles. The van der Waals surface area contributed by atoms with Crippen LogP contribution in [0.25, 0.3) is 0 Å². The van der Waals surface area contributed by atoms with Crippen LogP contribution in [0.2, 0.25) is 0 Å². The molecule has 0 aliphatic rings. The summed E-state index contributed by atoms with van der Waals surface area (Å²) in [7, 11) is -7.45. The first-order chi connectivity index (χ1) is 23.4. The molecule has 0 heterocycles. The third-order valence-electron chi connectivity index (χ3n) is 5.97. The van der Waals surface area contributed by atoms with Crippen LogP contribution in [0.15, 0.2) is 87.5 Å². The molecule has 280 valence electrons. The van der Waals surface area contributed by atoms with Gasteiger partial charge in [-0.1, -0.05) is 18.2 Å². The van der Waals surface area contributed by atoms with Crippen LogP contribution in [0.3, 0.4) is 0 Å². The Labute approximate surface area is 302 Å². The van der Waals surface area contributed by atoms with Crippen molar-refractivity contribution in [1.82, 2.24) is 0 Å². The number of hydrogen-bond donors (Lipinski definition) is 0. The van der Waals surface area contributed by atoms with E-state index in [2.05, 4.69) is 0 Å². The van der Waals surface area contributed by atoms with Crippen molar-refractivity contribution in [3.63, 3.8) is 0 Å². The van der Waals surface area contributed by atoms with Gasteiger partial charge in [0.05, 0.1) is 6.26 Å². The fourth-order valence-electron chi connectivity index (χ4n) is 4.48. The molecule has 3 aromatic rings. The van der Waals surface area contributed by atoms with Gasteiger partial charge in [0.2, 0.25) is 0 Å². The monoisotopic (exact) mass is 748 g/mol. The molecule has 0 saturated carbocycles. The van der Waals surface area contributed by atoms with Crippen LogP contribution in [0, 0.1) is 0 Å². The highest BCUT2D eigenvalue weighted by molar-refractivity contribution is 8.33. The highest BCUT2D eigenvalue weighted by Crippen LogP contribution is 2.70. The zero-order chi connectivity index (χ0) is 38.3. The van der Waals surface area contributed by atoms with Gasteiger partial charge in [0.15, 0.2) is 19.8 Å². The number of ether oxygens (including phenoxy) is 6. The van der Waals surface area contributed by atoms with Crippen molar-refractivity contribution in [3.05, 3.63) is 72.8 Å². The predicted octanol–water partition coefficient (Wildman–Crippen LogP) is 7.02. The third-order valence-corrected chi connectivity index (χ3v) is 10.5. The van der Waals surface area contributed by atoms with Gasteiger partial charge in [0.1, 0.15) is 34.1 Å². The molecule has 0 fully saturated rings. The minimum Gasteiger partial charge on any atom is -0.482 e. The lowest BCUT2D eigenvalue weighted by Gasteiger charge is -2.39. The van der Waals surface area contributed by atoms with Crippen molar-refractivity contribution in [2.24, 2.45) is 0 Å². The summed E-state index contributed by atoms with van der Waals surface area (Å²) in [6, 6.07) is 19.5. The number of hydrogen-bond acceptors (Lipinski definition) is 12. The van der Waals surface area contributed by atoms with E-state index >= 15 is 0 Å². The van der Waals surface area contributed by atoms with E-state index in [-0.39, 0.29) is 17.2 Å². The summed E-state index contributed by atoms with van der Waals surface area (Å²) in [6.07, 6.45) is 0.934. The second kappa shape index (κ2) is 16.4. The molecule has 0 spiro atoms. The Morgan fingerprint density at radius 3 is 1.02 bits per heavy atom. The fraction of sp³-hybridized carbons (Fsp3) is 0.432. The highest BCUT2D eigenvalue weighted by atomic mass is 32.3. The molecular weight excluding hydrogens is 701 g/mol. The maximum atomic E-state index is 13.2. The Morgan fingerprint density at radius 2 is 0.784 bits per heavy atom. The average Bonchev–Trinajstić information content (AvgIpc) is 2.98. The molecule has 51 heavy (non-hydrogen) atoms. The Bertz CT molecular complexity index is 1620. The van der Waals surface area contributed by atoms with E-state index in [1.165, 1.54) is 0 Å². The van der Waals surface area contributed by atoms with Gasteiger partial charge in [-0.25, -0.2) is 18.0 Å². The van der Waals surface area contributed by atoms with E-state index in [9.17, 15) is 22.8 Å². The van der Waals surface area contributed by atoms with E-state index < -0.39 is 75.0 Å². The first kappa shape index (κ1) is 41.2. The third kappa shape index (κ3) is 13.8. The first-order valence-electron chi connectivity index (χ1n) is 16.0. The van der Waals surface area contributed by atoms with Gasteiger partial charge in [0.25, 0.3) is 10.1 Å². The summed E-state index contributed by atoms with van der Waals surface area (Å²) in [4.78, 5) is 38.4. The number of esters is 3. The molecule has 0 aliphatic heterocycles. The van der Waals surface area contributed by atoms with Crippen LogP contribution in [-0.2, 0) is 42.3 Å². The molecule has 0 N–H and O–H groups in total. The topological polar surface area (TPSA) is 150 Å². The van der Waals surface area contributed by atoms with Gasteiger partial charge in [-0.05, 0) is 127 Å². The largest absolute Gasteiger partial charge is 0.482 e. The van der Waals surface area contributed by atoms with E-state index in [1.54, 1.807) is 135 Å². The fourth-order valence-corrected chi connectivity index (χ4v) is 9.38. The Balaban J connectivity index is 2.18. The zero-order valence-corrected chi connectivity index (χ0v) is 32.4. The van der Waals surface area contributed by atoms with Crippen LogP contribution in [-0.4, -0.2) is 69.2 Å². The zero-order valence-electron chi connectivity index (χ0n) is 30.8. The molecule has 0 amide bonds. The predicted molar refractivity (Wildman–Crippen MR) is 192 cm³/mol. The van der Waals surface area contributed by atoms with Crippen molar-refractivity contribution in [2.45, 2.75) is 93.8 Å². The summed E-state index contributed by atoms with van der Waals surface area (Å²) < 4.78 is 66.0. The molecule has 0 aromatic heterocycles. The summed E-state index contributed by atoms with van der Waals surface area (Å²) in [5, 5.41) is 0. The molecule has 0 radical (unpaired) electrons. The van der Waals surface area contributed by atoms with Crippen LogP contribution in [0.5, 0.6) is 17.2 Å². The highest BCUT2D eigenvalue weighted by Gasteiger charge is 2.38. The molecular formula is C37H48O12S2. The maximum absolute atomic E-state index is 13.2. The number of carbonyl (C=O) groups excluding carboxylic acids is 3. The second-order valence-corrected chi connectivity index (χ2v) is 18.9. The van der Waals surface area contributed by atoms with Crippen molar-refractivity contribution in [3.8, 4) is 17.2 Å². The molecule has 14 heteroatoms. The maximum Gasteiger partial charge on any atom is 0.344 e. The smallest absolute Gasteiger partial charge is 0.344 e. The Hall–Kier alpha value is -4.27. The SMILES string of the molecule is CC(C)(C)OC(=O)COc1cccc(S(OS(C)(=O)=O)(c2cccc(OCC(=O)OC(C)(C)C)c2)c2cccc(OCC(=O)OC(C)(C)C)c2)c1. The lowest BCUT2D eigenvalue weighted by atomic mass is 10.2. The van der Waals surface area contributed by atoms with Gasteiger partial charge in [-0.3, -0.25) is 0 Å². The quantitative estimate of drug-likeness (QED) is 0.123. The van der Waals surface area contributed by atoms with Gasteiger partial charge < -0.3 is 28.4 Å². The van der Waals surface area contributed by atoms with Crippen molar-refractivity contribution >= 4 is 38.3 Å². The van der Waals surface area contributed by atoms with Gasteiger partial charge in [-0.2, -0.15) is 8.42 Å². The van der Waals surface area contributed by atoms with E-state index in [4.69, 9.17) is 32.1 Å².